The maximum Gasteiger partial charge on any atom is 0.0399 e. The van der Waals surface area contributed by atoms with Crippen LogP contribution in [-0.4, -0.2) is 31.1 Å². The quantitative estimate of drug-likeness (QED) is 0.725. The van der Waals surface area contributed by atoms with E-state index in [-0.39, 0.29) is 0 Å². The Labute approximate surface area is 149 Å². The summed E-state index contributed by atoms with van der Waals surface area (Å²) in [6, 6.07) is 0. The second-order valence-corrected chi connectivity index (χ2v) is 9.56. The SMILES string of the molecule is CC1(C)CCC(C2=C(N3CCNCC3)C=CCC=C2)CC(C)(C)C1. The third kappa shape index (κ3) is 4.33. The normalized spacial score (nSPS) is 30.2. The summed E-state index contributed by atoms with van der Waals surface area (Å²) in [6.45, 7) is 14.4. The zero-order valence-electron chi connectivity index (χ0n) is 16.2. The lowest BCUT2D eigenvalue weighted by molar-refractivity contribution is 0.196. The average Bonchev–Trinajstić information content (AvgIpc) is 2.82. The van der Waals surface area contributed by atoms with E-state index in [2.05, 4.69) is 62.2 Å². The highest BCUT2D eigenvalue weighted by molar-refractivity contribution is 5.37. The lowest BCUT2D eigenvalue weighted by Gasteiger charge is -2.35. The second-order valence-electron chi connectivity index (χ2n) is 9.56. The predicted molar refractivity (Wildman–Crippen MR) is 104 cm³/mol. The van der Waals surface area contributed by atoms with Crippen molar-refractivity contribution in [3.63, 3.8) is 0 Å². The number of rotatable bonds is 2. The van der Waals surface area contributed by atoms with Crippen molar-refractivity contribution in [2.45, 2.75) is 59.8 Å². The third-order valence-electron chi connectivity index (χ3n) is 5.96. The molecule has 3 rings (SSSR count). The Morgan fingerprint density at radius 3 is 2.46 bits per heavy atom. The van der Waals surface area contributed by atoms with Crippen LogP contribution in [0.3, 0.4) is 0 Å². The van der Waals surface area contributed by atoms with E-state index in [4.69, 9.17) is 0 Å². The first-order valence-corrected chi connectivity index (χ1v) is 9.89. The lowest BCUT2D eigenvalue weighted by Crippen LogP contribution is -2.43. The van der Waals surface area contributed by atoms with Gasteiger partial charge < -0.3 is 10.2 Å². The van der Waals surface area contributed by atoms with Crippen LogP contribution in [0.25, 0.3) is 0 Å². The van der Waals surface area contributed by atoms with Crippen molar-refractivity contribution in [2.75, 3.05) is 26.2 Å². The van der Waals surface area contributed by atoms with Gasteiger partial charge in [-0.3, -0.25) is 0 Å². The molecule has 0 aromatic carbocycles. The Hall–Kier alpha value is -1.02. The molecular weight excluding hydrogens is 292 g/mol. The molecule has 1 atom stereocenters. The fourth-order valence-electron chi connectivity index (χ4n) is 5.23. The molecule has 1 aliphatic heterocycles. The van der Waals surface area contributed by atoms with Crippen molar-refractivity contribution < 1.29 is 0 Å². The molecule has 134 valence electrons. The Kier molecular flexibility index (Phi) is 5.24. The summed E-state index contributed by atoms with van der Waals surface area (Å²) < 4.78 is 0. The van der Waals surface area contributed by atoms with Crippen LogP contribution in [0.2, 0.25) is 0 Å². The molecule has 2 nitrogen and oxygen atoms in total. The number of hydrogen-bond donors (Lipinski definition) is 1. The molecule has 0 aromatic rings. The van der Waals surface area contributed by atoms with Crippen molar-refractivity contribution in [1.29, 1.82) is 0 Å². The molecule has 1 saturated carbocycles. The topological polar surface area (TPSA) is 15.3 Å². The minimum atomic E-state index is 0.427. The van der Waals surface area contributed by atoms with Gasteiger partial charge in [0, 0.05) is 31.9 Å². The third-order valence-corrected chi connectivity index (χ3v) is 5.96. The molecule has 1 saturated heterocycles. The van der Waals surface area contributed by atoms with E-state index >= 15 is 0 Å². The van der Waals surface area contributed by atoms with Gasteiger partial charge >= 0.3 is 0 Å². The van der Waals surface area contributed by atoms with E-state index < -0.39 is 0 Å². The summed E-state index contributed by atoms with van der Waals surface area (Å²) in [5.41, 5.74) is 4.01. The first kappa shape index (κ1) is 17.8. The smallest absolute Gasteiger partial charge is 0.0399 e. The van der Waals surface area contributed by atoms with Gasteiger partial charge in [-0.2, -0.15) is 0 Å². The standard InChI is InChI=1S/C22H36N2/c1-21(2)11-10-18(16-22(3,4)17-21)19-8-6-5-7-9-20(19)24-14-12-23-13-15-24/h6-9,18,23H,5,10-17H2,1-4H3. The molecule has 0 amide bonds. The van der Waals surface area contributed by atoms with Crippen molar-refractivity contribution in [3.05, 3.63) is 35.6 Å². The number of nitrogens with zero attached hydrogens (tertiary/aromatic N) is 1. The predicted octanol–water partition coefficient (Wildman–Crippen LogP) is 4.90. The number of piperazine rings is 1. The van der Waals surface area contributed by atoms with Gasteiger partial charge in [0.05, 0.1) is 0 Å². The van der Waals surface area contributed by atoms with Crippen LogP contribution < -0.4 is 5.32 Å². The van der Waals surface area contributed by atoms with E-state index in [1.54, 1.807) is 5.57 Å². The molecule has 2 heteroatoms. The molecular formula is C22H36N2. The summed E-state index contributed by atoms with van der Waals surface area (Å²) in [6.07, 6.45) is 16.0. The van der Waals surface area contributed by atoms with E-state index in [9.17, 15) is 0 Å². The van der Waals surface area contributed by atoms with Crippen LogP contribution >= 0.6 is 0 Å². The molecule has 0 aromatic heterocycles. The Morgan fingerprint density at radius 2 is 1.71 bits per heavy atom. The van der Waals surface area contributed by atoms with Crippen LogP contribution in [0.15, 0.2) is 35.6 Å². The summed E-state index contributed by atoms with van der Waals surface area (Å²) in [7, 11) is 0. The zero-order chi connectivity index (χ0) is 17.2. The molecule has 1 unspecified atom stereocenters. The average molecular weight is 329 g/mol. The molecule has 2 fully saturated rings. The van der Waals surface area contributed by atoms with Crippen LogP contribution in [0.1, 0.15) is 59.8 Å². The minimum Gasteiger partial charge on any atom is -0.369 e. The van der Waals surface area contributed by atoms with Gasteiger partial charge in [-0.1, -0.05) is 45.9 Å². The highest BCUT2D eigenvalue weighted by atomic mass is 15.2. The van der Waals surface area contributed by atoms with Gasteiger partial charge in [0.1, 0.15) is 0 Å². The van der Waals surface area contributed by atoms with Crippen LogP contribution in [0.4, 0.5) is 0 Å². The van der Waals surface area contributed by atoms with Crippen LogP contribution in [-0.2, 0) is 0 Å². The lowest BCUT2D eigenvalue weighted by atomic mass is 9.73. The molecule has 0 radical (unpaired) electrons. The first-order valence-electron chi connectivity index (χ1n) is 9.89. The molecule has 0 spiro atoms. The van der Waals surface area contributed by atoms with E-state index in [1.807, 2.05) is 0 Å². The van der Waals surface area contributed by atoms with Crippen molar-refractivity contribution >= 4 is 0 Å². The summed E-state index contributed by atoms with van der Waals surface area (Å²) >= 11 is 0. The number of hydrogen-bond acceptors (Lipinski definition) is 2. The van der Waals surface area contributed by atoms with Gasteiger partial charge in [-0.25, -0.2) is 0 Å². The second kappa shape index (κ2) is 7.07. The largest absolute Gasteiger partial charge is 0.369 e. The Balaban J connectivity index is 1.92. The fraction of sp³-hybridized carbons (Fsp3) is 0.727. The Bertz CT molecular complexity index is 530. The summed E-state index contributed by atoms with van der Waals surface area (Å²) in [5, 5.41) is 3.49. The van der Waals surface area contributed by atoms with Gasteiger partial charge in [0.15, 0.2) is 0 Å². The molecule has 0 bridgehead atoms. The zero-order valence-corrected chi connectivity index (χ0v) is 16.2. The number of nitrogens with one attached hydrogen (secondary N) is 1. The minimum absolute atomic E-state index is 0.427. The number of allylic oxidation sites excluding steroid dienone is 5. The van der Waals surface area contributed by atoms with Crippen LogP contribution in [0.5, 0.6) is 0 Å². The molecule has 24 heavy (non-hydrogen) atoms. The summed E-state index contributed by atoms with van der Waals surface area (Å²) in [5.74, 6) is 0.700. The van der Waals surface area contributed by atoms with Crippen molar-refractivity contribution in [1.82, 2.24) is 10.2 Å². The highest BCUT2D eigenvalue weighted by Crippen LogP contribution is 2.48. The van der Waals surface area contributed by atoms with Gasteiger partial charge in [0.2, 0.25) is 0 Å². The molecule has 3 aliphatic rings. The fourth-order valence-corrected chi connectivity index (χ4v) is 5.23. The summed E-state index contributed by atoms with van der Waals surface area (Å²) in [4.78, 5) is 2.61. The van der Waals surface area contributed by atoms with Gasteiger partial charge in [-0.15, -0.1) is 0 Å². The van der Waals surface area contributed by atoms with Crippen molar-refractivity contribution in [3.8, 4) is 0 Å². The highest BCUT2D eigenvalue weighted by Gasteiger charge is 2.36. The maximum atomic E-state index is 3.49. The molecule has 1 heterocycles. The van der Waals surface area contributed by atoms with E-state index in [0.717, 1.165) is 32.6 Å². The Morgan fingerprint density at radius 1 is 1.00 bits per heavy atom. The first-order chi connectivity index (χ1) is 11.4. The van der Waals surface area contributed by atoms with Gasteiger partial charge in [-0.05, 0) is 60.5 Å². The molecule has 2 aliphatic carbocycles. The van der Waals surface area contributed by atoms with Crippen molar-refractivity contribution in [2.24, 2.45) is 16.7 Å². The van der Waals surface area contributed by atoms with E-state index in [0.29, 0.717) is 16.7 Å². The van der Waals surface area contributed by atoms with Gasteiger partial charge in [0.25, 0.3) is 0 Å². The molecule has 1 N–H and O–H groups in total. The van der Waals surface area contributed by atoms with E-state index in [1.165, 1.54) is 31.4 Å². The maximum absolute atomic E-state index is 3.49. The van der Waals surface area contributed by atoms with Crippen LogP contribution in [0, 0.1) is 16.7 Å². The monoisotopic (exact) mass is 328 g/mol.